The molecule has 0 aliphatic carbocycles. The van der Waals surface area contributed by atoms with Crippen molar-refractivity contribution in [3.8, 4) is 0 Å². The molecule has 30 heavy (non-hydrogen) atoms. The molecule has 1 aliphatic heterocycles. The number of amides is 1. The fourth-order valence-electron chi connectivity index (χ4n) is 3.00. The molecule has 1 N–H and O–H groups in total. The Morgan fingerprint density at radius 1 is 1.20 bits per heavy atom. The lowest BCUT2D eigenvalue weighted by molar-refractivity contribution is -0.117. The normalized spacial score (nSPS) is 15.2. The summed E-state index contributed by atoms with van der Waals surface area (Å²) >= 11 is 12.7. The zero-order chi connectivity index (χ0) is 21.5. The number of halogens is 3. The van der Waals surface area contributed by atoms with Crippen molar-refractivity contribution in [1.29, 1.82) is 0 Å². The number of nitrogens with one attached hydrogen (secondary N) is 1. The molecule has 8 heteroatoms. The van der Waals surface area contributed by atoms with Crippen LogP contribution in [0.25, 0.3) is 0 Å². The van der Waals surface area contributed by atoms with Crippen molar-refractivity contribution in [2.24, 2.45) is 0 Å². The topological polar surface area (TPSA) is 44.8 Å². The van der Waals surface area contributed by atoms with Crippen LogP contribution in [-0.4, -0.2) is 41.0 Å². The molecule has 158 valence electrons. The van der Waals surface area contributed by atoms with Crippen LogP contribution >= 0.6 is 23.2 Å². The predicted molar refractivity (Wildman–Crippen MR) is 118 cm³/mol. The summed E-state index contributed by atoms with van der Waals surface area (Å²) in [6.07, 6.45) is 4.87. The van der Waals surface area contributed by atoms with E-state index in [9.17, 15) is 9.18 Å². The second-order valence-electron chi connectivity index (χ2n) is 6.72. The average Bonchev–Trinajstić information content (AvgIpc) is 3.19. The van der Waals surface area contributed by atoms with E-state index in [0.29, 0.717) is 24.0 Å². The summed E-state index contributed by atoms with van der Waals surface area (Å²) in [7, 11) is 0. The molecule has 2 aromatic rings. The number of nitrogens with zero attached hydrogens (tertiary/aromatic N) is 2. The monoisotopic (exact) mass is 449 g/mol. The third-order valence-corrected chi connectivity index (χ3v) is 5.18. The van der Waals surface area contributed by atoms with Gasteiger partial charge in [0.25, 0.3) is 0 Å². The quantitative estimate of drug-likeness (QED) is 0.333. The molecule has 1 aliphatic rings. The highest BCUT2D eigenvalue weighted by Gasteiger charge is 2.29. The van der Waals surface area contributed by atoms with Crippen LogP contribution in [-0.2, 0) is 9.53 Å². The molecule has 0 radical (unpaired) electrons. The SMILES string of the molecule is C=CCOC(c1ccc(Cl)cc1)C(Cl)N1C=CN(CC(=O)Nc2ccc(F)cc2)C1. The lowest BCUT2D eigenvalue weighted by Crippen LogP contribution is -2.38. The Kier molecular flexibility index (Phi) is 7.74. The van der Waals surface area contributed by atoms with Crippen LogP contribution in [0.1, 0.15) is 11.7 Å². The number of alkyl halides is 1. The van der Waals surface area contributed by atoms with Gasteiger partial charge in [0.1, 0.15) is 17.4 Å². The Bertz CT molecular complexity index is 890. The standard InChI is InChI=1S/C22H22Cl2FN3O2/c1-2-13-30-21(16-3-5-17(23)6-4-16)22(24)28-12-11-27(15-28)14-20(29)26-19-9-7-18(25)8-10-19/h2-12,21-22H,1,13-15H2,(H,26,29). The van der Waals surface area contributed by atoms with Gasteiger partial charge in [0.05, 0.1) is 19.8 Å². The third kappa shape index (κ3) is 5.98. The molecule has 0 fully saturated rings. The maximum Gasteiger partial charge on any atom is 0.243 e. The van der Waals surface area contributed by atoms with E-state index in [1.807, 2.05) is 28.1 Å². The molecule has 3 rings (SSSR count). The smallest absolute Gasteiger partial charge is 0.243 e. The van der Waals surface area contributed by atoms with Crippen molar-refractivity contribution in [2.45, 2.75) is 11.6 Å². The summed E-state index contributed by atoms with van der Waals surface area (Å²) in [6.45, 7) is 4.59. The molecule has 2 atom stereocenters. The highest BCUT2D eigenvalue weighted by atomic mass is 35.5. The van der Waals surface area contributed by atoms with Gasteiger partial charge in [-0.3, -0.25) is 4.79 Å². The van der Waals surface area contributed by atoms with Gasteiger partial charge in [-0.2, -0.15) is 0 Å². The first kappa shape index (κ1) is 22.2. The van der Waals surface area contributed by atoms with E-state index in [-0.39, 0.29) is 18.3 Å². The summed E-state index contributed by atoms with van der Waals surface area (Å²) in [4.78, 5) is 16.0. The van der Waals surface area contributed by atoms with Gasteiger partial charge in [-0.1, -0.05) is 41.4 Å². The molecular formula is C22H22Cl2FN3O2. The summed E-state index contributed by atoms with van der Waals surface area (Å²) in [5.74, 6) is -0.565. The fraction of sp³-hybridized carbons (Fsp3) is 0.227. The highest BCUT2D eigenvalue weighted by molar-refractivity contribution is 6.30. The molecular weight excluding hydrogens is 428 g/mol. The number of carbonyl (C=O) groups is 1. The van der Waals surface area contributed by atoms with Gasteiger partial charge in [0.2, 0.25) is 5.91 Å². The number of hydrogen-bond donors (Lipinski definition) is 1. The minimum absolute atomic E-state index is 0.132. The van der Waals surface area contributed by atoms with E-state index in [1.54, 1.807) is 24.4 Å². The van der Waals surface area contributed by atoms with Crippen molar-refractivity contribution < 1.29 is 13.9 Å². The number of rotatable bonds is 9. The van der Waals surface area contributed by atoms with Crippen molar-refractivity contribution in [3.05, 3.63) is 90.0 Å². The summed E-state index contributed by atoms with van der Waals surface area (Å²) < 4.78 is 18.9. The molecule has 0 spiro atoms. The van der Waals surface area contributed by atoms with E-state index in [0.717, 1.165) is 5.56 Å². The Morgan fingerprint density at radius 2 is 1.90 bits per heavy atom. The number of ether oxygens (including phenoxy) is 1. The molecule has 0 aromatic heterocycles. The van der Waals surface area contributed by atoms with Gasteiger partial charge in [-0.15, -0.1) is 6.58 Å². The van der Waals surface area contributed by atoms with Crippen molar-refractivity contribution in [1.82, 2.24) is 9.80 Å². The van der Waals surface area contributed by atoms with Gasteiger partial charge in [0, 0.05) is 23.1 Å². The molecule has 5 nitrogen and oxygen atoms in total. The summed E-state index contributed by atoms with van der Waals surface area (Å²) in [6, 6.07) is 13.0. The fourth-order valence-corrected chi connectivity index (χ4v) is 3.47. The second kappa shape index (κ2) is 10.5. The van der Waals surface area contributed by atoms with Crippen molar-refractivity contribution in [2.75, 3.05) is 25.1 Å². The van der Waals surface area contributed by atoms with Crippen LogP contribution in [0.3, 0.4) is 0 Å². The van der Waals surface area contributed by atoms with Crippen LogP contribution in [0.15, 0.2) is 73.6 Å². The minimum Gasteiger partial charge on any atom is -0.366 e. The first-order valence-corrected chi connectivity index (χ1v) is 10.1. The third-order valence-electron chi connectivity index (χ3n) is 4.45. The maximum absolute atomic E-state index is 13.0. The van der Waals surface area contributed by atoms with E-state index in [2.05, 4.69) is 11.9 Å². The van der Waals surface area contributed by atoms with E-state index >= 15 is 0 Å². The summed E-state index contributed by atoms with van der Waals surface area (Å²) in [5, 5.41) is 3.37. The Labute approximate surface area is 185 Å². The van der Waals surface area contributed by atoms with Crippen molar-refractivity contribution >= 4 is 34.8 Å². The largest absolute Gasteiger partial charge is 0.366 e. The first-order valence-electron chi connectivity index (χ1n) is 9.32. The Balaban J connectivity index is 1.58. The number of hydrogen-bond acceptors (Lipinski definition) is 4. The molecule has 1 amide bonds. The van der Waals surface area contributed by atoms with Crippen LogP contribution in [0.4, 0.5) is 10.1 Å². The lowest BCUT2D eigenvalue weighted by Gasteiger charge is -2.31. The van der Waals surface area contributed by atoms with Crippen molar-refractivity contribution in [3.63, 3.8) is 0 Å². The van der Waals surface area contributed by atoms with E-state index in [4.69, 9.17) is 27.9 Å². The van der Waals surface area contributed by atoms with Gasteiger partial charge < -0.3 is 19.9 Å². The van der Waals surface area contributed by atoms with Crippen LogP contribution < -0.4 is 5.32 Å². The van der Waals surface area contributed by atoms with Crippen LogP contribution in [0.5, 0.6) is 0 Å². The predicted octanol–water partition coefficient (Wildman–Crippen LogP) is 4.97. The van der Waals surface area contributed by atoms with Crippen LogP contribution in [0.2, 0.25) is 5.02 Å². The Hall–Kier alpha value is -2.54. The van der Waals surface area contributed by atoms with E-state index < -0.39 is 11.6 Å². The zero-order valence-corrected chi connectivity index (χ0v) is 17.7. The highest BCUT2D eigenvalue weighted by Crippen LogP contribution is 2.30. The number of carbonyl (C=O) groups excluding carboxylic acids is 1. The molecule has 0 bridgehead atoms. The number of benzene rings is 2. The first-order chi connectivity index (χ1) is 14.5. The molecule has 0 saturated heterocycles. The van der Waals surface area contributed by atoms with Gasteiger partial charge >= 0.3 is 0 Å². The molecule has 2 aromatic carbocycles. The lowest BCUT2D eigenvalue weighted by atomic mass is 10.1. The molecule has 2 unspecified atom stereocenters. The van der Waals surface area contributed by atoms with Gasteiger partial charge in [0.15, 0.2) is 0 Å². The molecule has 0 saturated carbocycles. The van der Waals surface area contributed by atoms with Gasteiger partial charge in [-0.25, -0.2) is 4.39 Å². The minimum atomic E-state index is -0.507. The molecule has 1 heterocycles. The van der Waals surface area contributed by atoms with Gasteiger partial charge in [-0.05, 0) is 42.0 Å². The Morgan fingerprint density at radius 3 is 2.57 bits per heavy atom. The average molecular weight is 450 g/mol. The van der Waals surface area contributed by atoms with Crippen LogP contribution in [0, 0.1) is 5.82 Å². The second-order valence-corrected chi connectivity index (χ2v) is 7.61. The number of anilines is 1. The van der Waals surface area contributed by atoms with E-state index in [1.165, 1.54) is 24.3 Å². The zero-order valence-electron chi connectivity index (χ0n) is 16.2. The maximum atomic E-state index is 13.0. The summed E-state index contributed by atoms with van der Waals surface area (Å²) in [5.41, 5.74) is 0.923.